The Bertz CT molecular complexity index is 665. The highest BCUT2D eigenvalue weighted by molar-refractivity contribution is 7.07. The summed E-state index contributed by atoms with van der Waals surface area (Å²) in [6, 6.07) is 2.78. The summed E-state index contributed by atoms with van der Waals surface area (Å²) in [6.45, 7) is 1.90. The fraction of sp³-hybridized carbons (Fsp3) is 0.200. The lowest BCUT2D eigenvalue weighted by atomic mass is 10.5. The number of nitro groups is 1. The molecule has 18 heavy (non-hydrogen) atoms. The fourth-order valence-electron chi connectivity index (χ4n) is 1.30. The minimum absolute atomic E-state index is 0.302. The van der Waals surface area contributed by atoms with Gasteiger partial charge in [-0.25, -0.2) is 4.68 Å². The van der Waals surface area contributed by atoms with Crippen molar-refractivity contribution in [2.45, 2.75) is 6.92 Å². The van der Waals surface area contributed by atoms with E-state index in [1.54, 1.807) is 11.7 Å². The summed E-state index contributed by atoms with van der Waals surface area (Å²) in [7, 11) is 1.68. The van der Waals surface area contributed by atoms with Crippen LogP contribution in [-0.4, -0.2) is 22.9 Å². The minimum Gasteiger partial charge on any atom is -0.400 e. The van der Waals surface area contributed by atoms with Gasteiger partial charge in [-0.2, -0.15) is 5.10 Å². The van der Waals surface area contributed by atoms with Gasteiger partial charge in [-0.15, -0.1) is 11.3 Å². The zero-order valence-corrected chi connectivity index (χ0v) is 10.5. The third kappa shape index (κ3) is 2.38. The molecule has 0 bridgehead atoms. The van der Waals surface area contributed by atoms with Crippen molar-refractivity contribution in [2.75, 3.05) is 7.05 Å². The van der Waals surface area contributed by atoms with Crippen molar-refractivity contribution < 1.29 is 9.34 Å². The Morgan fingerprint density at radius 3 is 2.94 bits per heavy atom. The van der Waals surface area contributed by atoms with Crippen molar-refractivity contribution in [2.24, 2.45) is 10.1 Å². The number of thiazole rings is 1. The average Bonchev–Trinajstić information content (AvgIpc) is 2.93. The molecule has 0 aliphatic heterocycles. The quantitative estimate of drug-likeness (QED) is 0.482. The molecular weight excluding hydrogens is 256 g/mol. The molecule has 0 atom stereocenters. The molecule has 0 unspecified atom stereocenters. The number of furan rings is 1. The molecule has 0 fully saturated rings. The second kappa shape index (κ2) is 4.96. The van der Waals surface area contributed by atoms with E-state index in [0.717, 1.165) is 10.5 Å². The van der Waals surface area contributed by atoms with Crippen molar-refractivity contribution >= 4 is 23.4 Å². The van der Waals surface area contributed by atoms with Gasteiger partial charge >= 0.3 is 5.88 Å². The summed E-state index contributed by atoms with van der Waals surface area (Å²) in [6.07, 6.45) is 1.42. The van der Waals surface area contributed by atoms with Gasteiger partial charge in [0.25, 0.3) is 0 Å². The van der Waals surface area contributed by atoms with Crippen LogP contribution in [0, 0.1) is 17.0 Å². The number of nitrogens with zero attached hydrogens (tertiary/aromatic N) is 4. The van der Waals surface area contributed by atoms with Crippen LogP contribution in [0.3, 0.4) is 0 Å². The van der Waals surface area contributed by atoms with Gasteiger partial charge in [-0.3, -0.25) is 15.1 Å². The van der Waals surface area contributed by atoms with Crippen molar-refractivity contribution in [1.82, 2.24) is 4.68 Å². The van der Waals surface area contributed by atoms with Gasteiger partial charge in [-0.05, 0) is 13.0 Å². The molecule has 0 saturated carbocycles. The summed E-state index contributed by atoms with van der Waals surface area (Å²) < 4.78 is 6.61. The average molecular weight is 266 g/mol. The van der Waals surface area contributed by atoms with Crippen molar-refractivity contribution in [3.8, 4) is 0 Å². The summed E-state index contributed by atoms with van der Waals surface area (Å²) in [5.74, 6) is 0.0192. The molecule has 8 heteroatoms. The van der Waals surface area contributed by atoms with Crippen LogP contribution in [0.5, 0.6) is 0 Å². The molecule has 2 heterocycles. The molecule has 0 radical (unpaired) electrons. The van der Waals surface area contributed by atoms with Crippen LogP contribution < -0.4 is 4.80 Å². The Labute approximate surface area is 106 Å². The Morgan fingerprint density at radius 2 is 2.33 bits per heavy atom. The third-order valence-corrected chi connectivity index (χ3v) is 3.16. The van der Waals surface area contributed by atoms with Gasteiger partial charge in [0, 0.05) is 12.4 Å². The first-order valence-electron chi connectivity index (χ1n) is 5.00. The molecule has 94 valence electrons. The lowest BCUT2D eigenvalue weighted by Gasteiger charge is -1.94. The Hall–Kier alpha value is -2.22. The SMILES string of the molecule is CN=c1scc(C)n1N=Cc1ccc([N+](=O)[O-])o1. The topological polar surface area (TPSA) is 85.9 Å². The normalized spacial score (nSPS) is 12.4. The standard InChI is InChI=1S/C10H10N4O3S/c1-7-6-18-10(11-2)13(7)12-5-8-3-4-9(17-8)14(15)16/h3-6H,1-2H3. The molecule has 0 aliphatic carbocycles. The molecule has 0 N–H and O–H groups in total. The molecule has 2 aromatic heterocycles. The van der Waals surface area contributed by atoms with Crippen LogP contribution in [0.25, 0.3) is 0 Å². The molecule has 0 aromatic carbocycles. The minimum atomic E-state index is -0.590. The summed E-state index contributed by atoms with van der Waals surface area (Å²) in [5.41, 5.74) is 0.929. The van der Waals surface area contributed by atoms with Crippen molar-refractivity contribution in [1.29, 1.82) is 0 Å². The van der Waals surface area contributed by atoms with Crippen LogP contribution in [0.1, 0.15) is 11.5 Å². The van der Waals surface area contributed by atoms with E-state index in [0.29, 0.717) is 5.76 Å². The van der Waals surface area contributed by atoms with Gasteiger partial charge in [0.15, 0.2) is 5.76 Å². The Balaban J connectivity index is 2.30. The molecule has 2 rings (SSSR count). The fourth-order valence-corrected chi connectivity index (χ4v) is 2.07. The lowest BCUT2D eigenvalue weighted by Crippen LogP contribution is -2.11. The highest BCUT2D eigenvalue weighted by atomic mass is 32.1. The molecule has 0 amide bonds. The molecule has 0 spiro atoms. The van der Waals surface area contributed by atoms with Gasteiger partial charge in [-0.1, -0.05) is 0 Å². The summed E-state index contributed by atoms with van der Waals surface area (Å²) >= 11 is 1.47. The second-order valence-corrected chi connectivity index (χ2v) is 4.21. The molecule has 2 aromatic rings. The maximum absolute atomic E-state index is 10.5. The van der Waals surface area contributed by atoms with Crippen LogP contribution in [0.2, 0.25) is 0 Å². The van der Waals surface area contributed by atoms with Gasteiger partial charge in [0.1, 0.15) is 4.92 Å². The molecular formula is C10H10N4O3S. The van der Waals surface area contributed by atoms with E-state index < -0.39 is 4.92 Å². The smallest absolute Gasteiger partial charge is 0.400 e. The molecule has 0 aliphatic rings. The van der Waals surface area contributed by atoms with E-state index >= 15 is 0 Å². The number of aryl methyl sites for hydroxylation is 1. The van der Waals surface area contributed by atoms with Crippen molar-refractivity contribution in [3.63, 3.8) is 0 Å². The van der Waals surface area contributed by atoms with Gasteiger partial charge < -0.3 is 4.42 Å². The predicted molar refractivity (Wildman–Crippen MR) is 66.9 cm³/mol. The first kappa shape index (κ1) is 12.2. The zero-order chi connectivity index (χ0) is 13.1. The highest BCUT2D eigenvalue weighted by Gasteiger charge is 2.10. The van der Waals surface area contributed by atoms with E-state index in [1.807, 2.05) is 12.3 Å². The largest absolute Gasteiger partial charge is 0.433 e. The van der Waals surface area contributed by atoms with E-state index in [9.17, 15) is 10.1 Å². The van der Waals surface area contributed by atoms with E-state index in [1.165, 1.54) is 29.7 Å². The maximum Gasteiger partial charge on any atom is 0.433 e. The van der Waals surface area contributed by atoms with E-state index in [-0.39, 0.29) is 5.88 Å². The summed E-state index contributed by atoms with van der Waals surface area (Å²) in [5, 5.41) is 16.5. The predicted octanol–water partition coefficient (Wildman–Crippen LogP) is 1.77. The van der Waals surface area contributed by atoms with Crippen molar-refractivity contribution in [3.05, 3.63) is 43.9 Å². The number of rotatable bonds is 3. The Kier molecular flexibility index (Phi) is 3.38. The monoisotopic (exact) mass is 266 g/mol. The Morgan fingerprint density at radius 1 is 1.56 bits per heavy atom. The number of hydrogen-bond donors (Lipinski definition) is 0. The lowest BCUT2D eigenvalue weighted by molar-refractivity contribution is -0.402. The van der Waals surface area contributed by atoms with E-state index in [2.05, 4.69) is 10.1 Å². The van der Waals surface area contributed by atoms with E-state index in [4.69, 9.17) is 4.42 Å². The van der Waals surface area contributed by atoms with Crippen LogP contribution in [0.15, 0.2) is 32.0 Å². The summed E-state index contributed by atoms with van der Waals surface area (Å²) in [4.78, 5) is 14.7. The first-order chi connectivity index (χ1) is 8.61. The maximum atomic E-state index is 10.5. The number of aromatic nitrogens is 1. The van der Waals surface area contributed by atoms with Crippen LogP contribution in [-0.2, 0) is 0 Å². The number of hydrogen-bond acceptors (Lipinski definition) is 6. The van der Waals surface area contributed by atoms with Gasteiger partial charge in [0.2, 0.25) is 4.80 Å². The highest BCUT2D eigenvalue weighted by Crippen LogP contribution is 2.13. The van der Waals surface area contributed by atoms with Crippen LogP contribution >= 0.6 is 11.3 Å². The first-order valence-corrected chi connectivity index (χ1v) is 5.88. The second-order valence-electron chi connectivity index (χ2n) is 3.37. The molecule has 7 nitrogen and oxygen atoms in total. The third-order valence-electron chi connectivity index (χ3n) is 2.13. The molecule has 0 saturated heterocycles. The van der Waals surface area contributed by atoms with Gasteiger partial charge in [0.05, 0.1) is 18.0 Å². The van der Waals surface area contributed by atoms with Crippen LogP contribution in [0.4, 0.5) is 5.88 Å². The zero-order valence-electron chi connectivity index (χ0n) is 9.73.